The Morgan fingerprint density at radius 3 is 2.59 bits per heavy atom. The lowest BCUT2D eigenvalue weighted by Gasteiger charge is -2.37. The molecule has 1 aliphatic rings. The Balaban J connectivity index is 0.00000145. The molecule has 1 atom stereocenters. The Kier molecular flexibility index (Phi) is 8.51. The smallest absolute Gasteiger partial charge is 0.119 e. The third-order valence-electron chi connectivity index (χ3n) is 4.96. The minimum atomic E-state index is 0.292. The second kappa shape index (κ2) is 11.1. The molecule has 0 radical (unpaired) electrons. The Labute approximate surface area is 174 Å². The average Bonchev–Trinajstić information content (AvgIpc) is 2.74. The first-order valence-corrected chi connectivity index (χ1v) is 9.75. The third-order valence-corrected chi connectivity index (χ3v) is 4.96. The van der Waals surface area contributed by atoms with Crippen molar-refractivity contribution in [2.24, 2.45) is 4.99 Å². The van der Waals surface area contributed by atoms with E-state index in [1.807, 2.05) is 38.2 Å². The first-order valence-electron chi connectivity index (χ1n) is 9.75. The zero-order chi connectivity index (χ0) is 21.2. The van der Waals surface area contributed by atoms with Crippen molar-refractivity contribution in [2.45, 2.75) is 32.7 Å². The summed E-state index contributed by atoms with van der Waals surface area (Å²) in [5.41, 5.74) is 5.00. The van der Waals surface area contributed by atoms with Crippen molar-refractivity contribution in [1.29, 1.82) is 0 Å². The molecular weight excluding hydrogens is 360 g/mol. The summed E-state index contributed by atoms with van der Waals surface area (Å²) < 4.78 is 5.41. The van der Waals surface area contributed by atoms with Crippen LogP contribution in [0.5, 0.6) is 11.5 Å². The highest BCUT2D eigenvalue weighted by Gasteiger charge is 2.27. The number of hydrogen-bond donors (Lipinski definition) is 1. The van der Waals surface area contributed by atoms with Gasteiger partial charge in [0.05, 0.1) is 7.11 Å². The maximum atomic E-state index is 9.57. The fraction of sp³-hybridized carbons (Fsp3) is 0.320. The van der Waals surface area contributed by atoms with Gasteiger partial charge in [-0.25, -0.2) is 0 Å². The maximum absolute atomic E-state index is 9.57. The van der Waals surface area contributed by atoms with Gasteiger partial charge in [-0.15, -0.1) is 12.8 Å². The lowest BCUT2D eigenvalue weighted by atomic mass is 9.88. The molecule has 1 aliphatic heterocycles. The topological polar surface area (TPSA) is 45.1 Å². The van der Waals surface area contributed by atoms with Gasteiger partial charge in [-0.05, 0) is 67.6 Å². The van der Waals surface area contributed by atoms with E-state index in [-0.39, 0.29) is 0 Å². The Morgan fingerprint density at radius 1 is 1.21 bits per heavy atom. The number of phenols is 1. The zero-order valence-corrected chi connectivity index (χ0v) is 17.5. The molecule has 0 bridgehead atoms. The molecule has 0 saturated carbocycles. The predicted molar refractivity (Wildman–Crippen MR) is 121 cm³/mol. The number of nitrogens with zero attached hydrogens (tertiary/aromatic N) is 2. The molecule has 2 aromatic carbocycles. The third kappa shape index (κ3) is 6.23. The highest BCUT2D eigenvalue weighted by atomic mass is 16.5. The summed E-state index contributed by atoms with van der Waals surface area (Å²) in [4.78, 5) is 6.86. The van der Waals surface area contributed by atoms with Crippen molar-refractivity contribution in [3.05, 3.63) is 71.4 Å². The van der Waals surface area contributed by atoms with Gasteiger partial charge in [-0.1, -0.05) is 24.3 Å². The number of aliphatic imine (C=N–C) groups is 1. The fourth-order valence-corrected chi connectivity index (χ4v) is 3.56. The molecule has 1 heterocycles. The van der Waals surface area contributed by atoms with E-state index in [2.05, 4.69) is 40.9 Å². The first kappa shape index (κ1) is 22.3. The quantitative estimate of drug-likeness (QED) is 0.570. The average molecular weight is 391 g/mol. The summed E-state index contributed by atoms with van der Waals surface area (Å²) in [7, 11) is 1.71. The number of terminal acetylenes is 1. The molecule has 0 saturated heterocycles. The molecular formula is C25H30N2O2. The van der Waals surface area contributed by atoms with E-state index < -0.39 is 0 Å². The number of hydrogen-bond acceptors (Lipinski definition) is 4. The largest absolute Gasteiger partial charge is 0.508 e. The second-order valence-electron chi connectivity index (χ2n) is 7.16. The van der Waals surface area contributed by atoms with Gasteiger partial charge in [0.15, 0.2) is 0 Å². The molecule has 0 fully saturated rings. The second-order valence-corrected chi connectivity index (χ2v) is 7.16. The molecule has 29 heavy (non-hydrogen) atoms. The Hall–Kier alpha value is -3.03. The van der Waals surface area contributed by atoms with Crippen LogP contribution in [0.15, 0.2) is 59.7 Å². The van der Waals surface area contributed by atoms with Crippen LogP contribution in [0.3, 0.4) is 0 Å². The minimum absolute atomic E-state index is 0.292. The van der Waals surface area contributed by atoms with Crippen LogP contribution in [0.25, 0.3) is 0 Å². The van der Waals surface area contributed by atoms with E-state index in [0.717, 1.165) is 37.4 Å². The lowest BCUT2D eigenvalue weighted by Crippen LogP contribution is -2.36. The van der Waals surface area contributed by atoms with Crippen LogP contribution in [-0.2, 0) is 12.8 Å². The number of ether oxygens (including phenoxy) is 1. The number of benzene rings is 2. The van der Waals surface area contributed by atoms with Crippen LogP contribution in [0.4, 0.5) is 0 Å². The lowest BCUT2D eigenvalue weighted by molar-refractivity contribution is 0.204. The van der Waals surface area contributed by atoms with Crippen LogP contribution in [0.1, 0.15) is 36.6 Å². The summed E-state index contributed by atoms with van der Waals surface area (Å²) in [5.74, 6) is 1.22. The van der Waals surface area contributed by atoms with Gasteiger partial charge >= 0.3 is 0 Å². The monoisotopic (exact) mass is 390 g/mol. The maximum Gasteiger partial charge on any atom is 0.119 e. The van der Waals surface area contributed by atoms with Crippen LogP contribution < -0.4 is 4.74 Å². The summed E-state index contributed by atoms with van der Waals surface area (Å²) in [6.45, 7) is 5.87. The fourth-order valence-electron chi connectivity index (χ4n) is 3.56. The molecule has 3 rings (SSSR count). The Bertz CT molecular complexity index is 862. The molecule has 4 nitrogen and oxygen atoms in total. The van der Waals surface area contributed by atoms with Crippen LogP contribution >= 0.6 is 0 Å². The van der Waals surface area contributed by atoms with Gasteiger partial charge in [0.2, 0.25) is 0 Å². The highest BCUT2D eigenvalue weighted by molar-refractivity contribution is 5.79. The molecule has 0 amide bonds. The van der Waals surface area contributed by atoms with Gasteiger partial charge in [-0.2, -0.15) is 0 Å². The molecule has 152 valence electrons. The summed E-state index contributed by atoms with van der Waals surface area (Å²) >= 11 is 0. The van der Waals surface area contributed by atoms with Crippen molar-refractivity contribution in [3.63, 3.8) is 0 Å². The molecule has 0 aliphatic carbocycles. The van der Waals surface area contributed by atoms with Gasteiger partial charge in [-0.3, -0.25) is 9.89 Å². The number of rotatable bonds is 6. The molecule has 1 N–H and O–H groups in total. The van der Waals surface area contributed by atoms with Gasteiger partial charge < -0.3 is 9.84 Å². The number of fused-ring (bicyclic) bond motifs is 1. The molecule has 2 aromatic rings. The zero-order valence-electron chi connectivity index (χ0n) is 17.5. The van der Waals surface area contributed by atoms with E-state index in [4.69, 9.17) is 4.74 Å². The highest BCUT2D eigenvalue weighted by Crippen LogP contribution is 2.34. The molecule has 1 unspecified atom stereocenters. The van der Waals surface area contributed by atoms with Gasteiger partial charge in [0.25, 0.3) is 0 Å². The van der Waals surface area contributed by atoms with E-state index in [1.165, 1.54) is 16.7 Å². The number of aromatic hydroxyl groups is 1. The van der Waals surface area contributed by atoms with Crippen molar-refractivity contribution < 1.29 is 9.84 Å². The van der Waals surface area contributed by atoms with E-state index in [9.17, 15) is 5.11 Å². The van der Waals surface area contributed by atoms with E-state index in [0.29, 0.717) is 11.8 Å². The minimum Gasteiger partial charge on any atom is -0.508 e. The number of methoxy groups -OCH3 is 1. The summed E-state index contributed by atoms with van der Waals surface area (Å²) in [6, 6.07) is 14.2. The SMILES string of the molecule is C#C.COc1ccc2c(c1)CCN(C/C=C\N=C(C)C)C2Cc1ccc(O)cc1. The van der Waals surface area contributed by atoms with Gasteiger partial charge in [0.1, 0.15) is 11.5 Å². The van der Waals surface area contributed by atoms with E-state index in [1.54, 1.807) is 19.2 Å². The van der Waals surface area contributed by atoms with Crippen LogP contribution in [0, 0.1) is 12.8 Å². The van der Waals surface area contributed by atoms with Crippen molar-refractivity contribution in [2.75, 3.05) is 20.2 Å². The Morgan fingerprint density at radius 2 is 1.93 bits per heavy atom. The molecule has 0 aromatic heterocycles. The molecule has 4 heteroatoms. The van der Waals surface area contributed by atoms with Crippen molar-refractivity contribution in [3.8, 4) is 24.3 Å². The van der Waals surface area contributed by atoms with E-state index >= 15 is 0 Å². The summed E-state index contributed by atoms with van der Waals surface area (Å²) in [5, 5.41) is 9.57. The van der Waals surface area contributed by atoms with Crippen molar-refractivity contribution >= 4 is 5.71 Å². The van der Waals surface area contributed by atoms with Crippen LogP contribution in [0.2, 0.25) is 0 Å². The summed E-state index contributed by atoms with van der Waals surface area (Å²) in [6.07, 6.45) is 14.0. The predicted octanol–water partition coefficient (Wildman–Crippen LogP) is 4.79. The van der Waals surface area contributed by atoms with Gasteiger partial charge in [0, 0.05) is 31.0 Å². The van der Waals surface area contributed by atoms with Crippen molar-refractivity contribution in [1.82, 2.24) is 4.90 Å². The molecule has 0 spiro atoms. The standard InChI is InChI=1S/C23H28N2O2.C2H2/c1-17(2)24-12-4-13-25-14-11-19-16-21(27-3)9-10-22(19)23(25)15-18-5-7-20(26)8-6-18;1-2/h4-10,12,16,23,26H,11,13-15H2,1-3H3;1-2H/b12-4-;. The first-order chi connectivity index (χ1) is 14.1. The normalized spacial score (nSPS) is 15.8. The number of phenolic OH excluding ortho intramolecular Hbond substituents is 1. The van der Waals surface area contributed by atoms with Crippen LogP contribution in [-0.4, -0.2) is 35.9 Å².